The number of ether oxygens (including phenoxy) is 1. The predicted molar refractivity (Wildman–Crippen MR) is 144 cm³/mol. The van der Waals surface area contributed by atoms with Gasteiger partial charge in [0.05, 0.1) is 16.2 Å². The van der Waals surface area contributed by atoms with Gasteiger partial charge in [-0.05, 0) is 29.3 Å². The molecule has 0 saturated carbocycles. The monoisotopic (exact) mass is 503 g/mol. The van der Waals surface area contributed by atoms with Crippen molar-refractivity contribution < 1.29 is 9.57 Å². The van der Waals surface area contributed by atoms with Crippen molar-refractivity contribution in [1.82, 2.24) is 19.6 Å². The number of rotatable bonds is 5. The lowest BCUT2D eigenvalue weighted by Gasteiger charge is -2.28. The van der Waals surface area contributed by atoms with Gasteiger partial charge < -0.3 is 9.57 Å². The highest BCUT2D eigenvalue weighted by Crippen LogP contribution is 2.50. The molecule has 6 aromatic rings. The molecule has 4 heterocycles. The van der Waals surface area contributed by atoms with Crippen molar-refractivity contribution in [1.29, 1.82) is 0 Å². The lowest BCUT2D eigenvalue weighted by Crippen LogP contribution is -2.15. The molecule has 8 heteroatoms. The van der Waals surface area contributed by atoms with Crippen LogP contribution in [0.3, 0.4) is 0 Å². The Morgan fingerprint density at radius 2 is 1.89 bits per heavy atom. The predicted octanol–water partition coefficient (Wildman–Crippen LogP) is 6.57. The minimum absolute atomic E-state index is 0.113. The van der Waals surface area contributed by atoms with E-state index in [1.54, 1.807) is 22.2 Å². The Bertz CT molecular complexity index is 1780. The summed E-state index contributed by atoms with van der Waals surface area (Å²) in [4.78, 5) is 16.2. The van der Waals surface area contributed by atoms with E-state index in [1.807, 2.05) is 42.6 Å². The summed E-state index contributed by atoms with van der Waals surface area (Å²) in [6.07, 6.45) is 1.64. The van der Waals surface area contributed by atoms with Crippen LogP contribution in [0.15, 0.2) is 95.7 Å². The van der Waals surface area contributed by atoms with Crippen molar-refractivity contribution in [2.45, 2.75) is 19.4 Å². The standard InChI is InChI=1S/C29H21N5O2S/c1-18(23-12-7-15-37-23)33-35-16-24-31-28-26-25(20-9-3-2-4-10-20)22-14-13-19-8-5-6-11-21(19)27(22)36-29(26)30-17-34(28)32-24/h2-15,17,25H,16H2,1H3/b33-18+/t25-/m1/s1. The van der Waals surface area contributed by atoms with E-state index in [2.05, 4.69) is 63.8 Å². The number of thiophene rings is 1. The minimum atomic E-state index is -0.113. The highest BCUT2D eigenvalue weighted by molar-refractivity contribution is 7.12. The fourth-order valence-electron chi connectivity index (χ4n) is 4.86. The summed E-state index contributed by atoms with van der Waals surface area (Å²) in [6.45, 7) is 2.07. The number of fused-ring (bicyclic) bond motifs is 6. The van der Waals surface area contributed by atoms with E-state index in [9.17, 15) is 0 Å². The van der Waals surface area contributed by atoms with Gasteiger partial charge in [-0.1, -0.05) is 78.0 Å². The SMILES string of the molecule is C/C(=N\OCc1nc2c3c(ncn2n1)Oc1c(ccc2ccccc12)[C@H]3c1ccccc1)c1cccs1. The minimum Gasteiger partial charge on any atom is -0.438 e. The number of benzene rings is 3. The van der Waals surface area contributed by atoms with Gasteiger partial charge in [-0.25, -0.2) is 14.5 Å². The molecule has 3 aromatic heterocycles. The maximum Gasteiger partial charge on any atom is 0.228 e. The molecule has 0 bridgehead atoms. The van der Waals surface area contributed by atoms with Crippen LogP contribution >= 0.6 is 11.3 Å². The molecule has 1 atom stereocenters. The average Bonchev–Trinajstić information content (AvgIpc) is 3.63. The molecular weight excluding hydrogens is 482 g/mol. The molecule has 0 saturated heterocycles. The summed E-state index contributed by atoms with van der Waals surface area (Å²) >= 11 is 1.62. The van der Waals surface area contributed by atoms with Crippen LogP contribution in [-0.4, -0.2) is 25.3 Å². The third-order valence-electron chi connectivity index (χ3n) is 6.55. The number of oxime groups is 1. The Morgan fingerprint density at radius 3 is 2.76 bits per heavy atom. The van der Waals surface area contributed by atoms with Crippen LogP contribution in [0.1, 0.15) is 40.2 Å². The molecule has 7 rings (SSSR count). The summed E-state index contributed by atoms with van der Waals surface area (Å²) in [7, 11) is 0. The smallest absolute Gasteiger partial charge is 0.228 e. The molecule has 37 heavy (non-hydrogen) atoms. The zero-order valence-corrected chi connectivity index (χ0v) is 20.7. The first-order chi connectivity index (χ1) is 18.3. The number of nitrogens with zero attached hydrogens (tertiary/aromatic N) is 5. The highest BCUT2D eigenvalue weighted by atomic mass is 32.1. The van der Waals surface area contributed by atoms with Crippen LogP contribution in [0, 0.1) is 0 Å². The molecule has 1 aliphatic heterocycles. The van der Waals surface area contributed by atoms with Gasteiger partial charge in [-0.3, -0.25) is 0 Å². The maximum atomic E-state index is 6.47. The third kappa shape index (κ3) is 3.73. The largest absolute Gasteiger partial charge is 0.438 e. The van der Waals surface area contributed by atoms with E-state index >= 15 is 0 Å². The van der Waals surface area contributed by atoms with Crippen molar-refractivity contribution >= 4 is 33.5 Å². The zero-order valence-electron chi connectivity index (χ0n) is 19.9. The van der Waals surface area contributed by atoms with Gasteiger partial charge in [0.25, 0.3) is 0 Å². The van der Waals surface area contributed by atoms with Crippen LogP contribution in [0.25, 0.3) is 16.4 Å². The van der Waals surface area contributed by atoms with E-state index in [0.717, 1.165) is 43.8 Å². The molecule has 1 aliphatic rings. The highest BCUT2D eigenvalue weighted by Gasteiger charge is 2.34. The maximum absolute atomic E-state index is 6.47. The first-order valence-corrected chi connectivity index (χ1v) is 12.8. The van der Waals surface area contributed by atoms with Gasteiger partial charge in [-0.15, -0.1) is 16.4 Å². The van der Waals surface area contributed by atoms with Gasteiger partial charge in [0.1, 0.15) is 12.1 Å². The first kappa shape index (κ1) is 21.7. The van der Waals surface area contributed by atoms with Crippen LogP contribution < -0.4 is 4.74 Å². The first-order valence-electron chi connectivity index (χ1n) is 12.0. The molecule has 7 nitrogen and oxygen atoms in total. The molecule has 0 fully saturated rings. The van der Waals surface area contributed by atoms with Crippen molar-refractivity contribution in [3.63, 3.8) is 0 Å². The van der Waals surface area contributed by atoms with E-state index in [1.165, 1.54) is 0 Å². The summed E-state index contributed by atoms with van der Waals surface area (Å²) < 4.78 is 8.16. The molecule has 0 amide bonds. The van der Waals surface area contributed by atoms with E-state index < -0.39 is 0 Å². The summed E-state index contributed by atoms with van der Waals surface area (Å²) in [5, 5.41) is 13.0. The van der Waals surface area contributed by atoms with Gasteiger partial charge in [0, 0.05) is 16.9 Å². The molecule has 0 unspecified atom stereocenters. The Hall–Kier alpha value is -4.56. The summed E-state index contributed by atoms with van der Waals surface area (Å²) in [5.74, 6) is 1.78. The normalized spacial score (nSPS) is 14.8. The second kappa shape index (κ2) is 8.83. The van der Waals surface area contributed by atoms with Gasteiger partial charge in [0.15, 0.2) is 18.1 Å². The lowest BCUT2D eigenvalue weighted by molar-refractivity contribution is 0.125. The average molecular weight is 504 g/mol. The van der Waals surface area contributed by atoms with Crippen LogP contribution in [0.5, 0.6) is 11.6 Å². The second-order valence-corrected chi connectivity index (χ2v) is 9.79. The molecule has 0 aliphatic carbocycles. The van der Waals surface area contributed by atoms with Crippen molar-refractivity contribution in [3.8, 4) is 11.6 Å². The Morgan fingerprint density at radius 1 is 1.03 bits per heavy atom. The van der Waals surface area contributed by atoms with Gasteiger partial charge in [0.2, 0.25) is 5.88 Å². The van der Waals surface area contributed by atoms with Crippen LogP contribution in [0.4, 0.5) is 0 Å². The Kier molecular flexibility index (Phi) is 5.18. The number of aromatic nitrogens is 4. The quantitative estimate of drug-likeness (QED) is 0.196. The number of hydrogen-bond donors (Lipinski definition) is 0. The summed E-state index contributed by atoms with van der Waals surface area (Å²) in [5.41, 5.74) is 4.60. The van der Waals surface area contributed by atoms with E-state index in [4.69, 9.17) is 14.6 Å². The molecule has 0 spiro atoms. The van der Waals surface area contributed by atoms with E-state index in [0.29, 0.717) is 17.4 Å². The molecule has 0 radical (unpaired) electrons. The van der Waals surface area contributed by atoms with Crippen LogP contribution in [0.2, 0.25) is 0 Å². The Labute approximate surface area is 216 Å². The Balaban J connectivity index is 1.33. The fraction of sp³-hybridized carbons (Fsp3) is 0.103. The van der Waals surface area contributed by atoms with Crippen LogP contribution in [-0.2, 0) is 11.4 Å². The molecular formula is C29H21N5O2S. The third-order valence-corrected chi connectivity index (χ3v) is 7.52. The molecule has 3 aromatic carbocycles. The fourth-order valence-corrected chi connectivity index (χ4v) is 5.53. The second-order valence-electron chi connectivity index (χ2n) is 8.84. The van der Waals surface area contributed by atoms with Gasteiger partial charge in [-0.2, -0.15) is 0 Å². The molecule has 180 valence electrons. The zero-order chi connectivity index (χ0) is 24.8. The van der Waals surface area contributed by atoms with Crippen molar-refractivity contribution in [3.05, 3.63) is 118 Å². The van der Waals surface area contributed by atoms with Gasteiger partial charge >= 0.3 is 0 Å². The topological polar surface area (TPSA) is 73.9 Å². The summed E-state index contributed by atoms with van der Waals surface area (Å²) in [6, 6.07) is 26.9. The van der Waals surface area contributed by atoms with E-state index in [-0.39, 0.29) is 12.5 Å². The van der Waals surface area contributed by atoms with Crippen molar-refractivity contribution in [2.75, 3.05) is 0 Å². The lowest BCUT2D eigenvalue weighted by atomic mass is 9.83. The van der Waals surface area contributed by atoms with Crippen molar-refractivity contribution in [2.24, 2.45) is 5.16 Å². The molecule has 0 N–H and O–H groups in total. The number of hydrogen-bond acceptors (Lipinski definition) is 7.